The molecule has 0 aliphatic heterocycles. The number of allylic oxidation sites excluding steroid dienone is 2. The average molecular weight is 238 g/mol. The SMILES string of the molecule is C/C(=C/Cc1cccc(C)n1)c1cccc(C)n1. The second-order valence-corrected chi connectivity index (χ2v) is 4.53. The molecule has 0 saturated carbocycles. The third-order valence-corrected chi connectivity index (χ3v) is 2.86. The van der Waals surface area contributed by atoms with Gasteiger partial charge in [0.25, 0.3) is 0 Å². The molecule has 0 fully saturated rings. The van der Waals surface area contributed by atoms with Crippen LogP contribution in [0.5, 0.6) is 0 Å². The van der Waals surface area contributed by atoms with E-state index in [1.807, 2.05) is 44.2 Å². The minimum Gasteiger partial charge on any atom is -0.258 e. The average Bonchev–Trinajstić information content (AvgIpc) is 2.36. The van der Waals surface area contributed by atoms with E-state index < -0.39 is 0 Å². The Morgan fingerprint density at radius 2 is 1.67 bits per heavy atom. The Balaban J connectivity index is 2.14. The van der Waals surface area contributed by atoms with Crippen LogP contribution >= 0.6 is 0 Å². The third-order valence-electron chi connectivity index (χ3n) is 2.86. The maximum absolute atomic E-state index is 4.51. The molecule has 2 aromatic rings. The molecule has 2 heteroatoms. The van der Waals surface area contributed by atoms with Gasteiger partial charge in [0.2, 0.25) is 0 Å². The lowest BCUT2D eigenvalue weighted by Crippen LogP contribution is -1.92. The lowest BCUT2D eigenvalue weighted by Gasteiger charge is -2.03. The van der Waals surface area contributed by atoms with Crippen molar-refractivity contribution < 1.29 is 0 Å². The first-order valence-corrected chi connectivity index (χ1v) is 6.18. The van der Waals surface area contributed by atoms with E-state index in [4.69, 9.17) is 0 Å². The standard InChI is InChI=1S/C16H18N2/c1-12(16-9-5-7-14(3)18-16)10-11-15-8-4-6-13(2)17-15/h4-10H,11H2,1-3H3/b12-10-. The number of hydrogen-bond donors (Lipinski definition) is 0. The molecule has 0 aromatic carbocycles. The van der Waals surface area contributed by atoms with Crippen molar-refractivity contribution in [1.82, 2.24) is 9.97 Å². The second-order valence-electron chi connectivity index (χ2n) is 4.53. The summed E-state index contributed by atoms with van der Waals surface area (Å²) in [6.45, 7) is 6.12. The van der Waals surface area contributed by atoms with Gasteiger partial charge in [0.05, 0.1) is 5.69 Å². The maximum Gasteiger partial charge on any atom is 0.0658 e. The Morgan fingerprint density at radius 1 is 1.00 bits per heavy atom. The van der Waals surface area contributed by atoms with Crippen LogP contribution in [0.2, 0.25) is 0 Å². The molecular weight excluding hydrogens is 220 g/mol. The van der Waals surface area contributed by atoms with Gasteiger partial charge in [0.15, 0.2) is 0 Å². The Hall–Kier alpha value is -1.96. The number of aryl methyl sites for hydroxylation is 2. The van der Waals surface area contributed by atoms with E-state index in [1.165, 1.54) is 5.57 Å². The molecular formula is C16H18N2. The molecule has 92 valence electrons. The van der Waals surface area contributed by atoms with Gasteiger partial charge in [0, 0.05) is 23.5 Å². The first-order chi connectivity index (χ1) is 8.65. The zero-order valence-corrected chi connectivity index (χ0v) is 11.1. The summed E-state index contributed by atoms with van der Waals surface area (Å²) in [6, 6.07) is 12.2. The highest BCUT2D eigenvalue weighted by atomic mass is 14.7. The smallest absolute Gasteiger partial charge is 0.0658 e. The maximum atomic E-state index is 4.51. The Bertz CT molecular complexity index is 571. The zero-order chi connectivity index (χ0) is 13.0. The molecule has 0 aliphatic rings. The lowest BCUT2D eigenvalue weighted by molar-refractivity contribution is 1.06. The van der Waals surface area contributed by atoms with Crippen LogP contribution in [-0.2, 0) is 6.42 Å². The number of nitrogens with zero attached hydrogens (tertiary/aromatic N) is 2. The fourth-order valence-corrected chi connectivity index (χ4v) is 1.84. The summed E-state index contributed by atoms with van der Waals surface area (Å²) in [4.78, 5) is 9.01. The first-order valence-electron chi connectivity index (χ1n) is 6.18. The van der Waals surface area contributed by atoms with Gasteiger partial charge in [-0.15, -0.1) is 0 Å². The summed E-state index contributed by atoms with van der Waals surface area (Å²) in [5, 5.41) is 0. The minimum atomic E-state index is 0.850. The molecule has 0 spiro atoms. The molecule has 2 nitrogen and oxygen atoms in total. The van der Waals surface area contributed by atoms with Crippen LogP contribution in [0.1, 0.15) is 29.7 Å². The Morgan fingerprint density at radius 3 is 2.33 bits per heavy atom. The molecule has 0 amide bonds. The van der Waals surface area contributed by atoms with Crippen LogP contribution in [-0.4, -0.2) is 9.97 Å². The summed E-state index contributed by atoms with van der Waals surface area (Å²) in [7, 11) is 0. The van der Waals surface area contributed by atoms with Crippen molar-refractivity contribution in [3.8, 4) is 0 Å². The van der Waals surface area contributed by atoms with Gasteiger partial charge >= 0.3 is 0 Å². The quantitative estimate of drug-likeness (QED) is 0.814. The van der Waals surface area contributed by atoms with E-state index in [1.54, 1.807) is 0 Å². The van der Waals surface area contributed by atoms with Gasteiger partial charge in [-0.05, 0) is 50.6 Å². The molecule has 18 heavy (non-hydrogen) atoms. The third kappa shape index (κ3) is 3.27. The monoisotopic (exact) mass is 238 g/mol. The highest BCUT2D eigenvalue weighted by Gasteiger charge is 1.98. The summed E-state index contributed by atoms with van der Waals surface area (Å²) in [5.74, 6) is 0. The van der Waals surface area contributed by atoms with Crippen molar-refractivity contribution in [1.29, 1.82) is 0 Å². The van der Waals surface area contributed by atoms with Crippen LogP contribution in [0.25, 0.3) is 5.57 Å². The van der Waals surface area contributed by atoms with Gasteiger partial charge in [0.1, 0.15) is 0 Å². The number of hydrogen-bond acceptors (Lipinski definition) is 2. The van der Waals surface area contributed by atoms with Crippen LogP contribution in [0.3, 0.4) is 0 Å². The predicted molar refractivity (Wildman–Crippen MR) is 75.3 cm³/mol. The van der Waals surface area contributed by atoms with Crippen molar-refractivity contribution in [2.75, 3.05) is 0 Å². The van der Waals surface area contributed by atoms with Gasteiger partial charge in [-0.1, -0.05) is 18.2 Å². The highest BCUT2D eigenvalue weighted by Crippen LogP contribution is 2.12. The zero-order valence-electron chi connectivity index (χ0n) is 11.1. The van der Waals surface area contributed by atoms with E-state index in [0.717, 1.165) is 29.2 Å². The van der Waals surface area contributed by atoms with Crippen molar-refractivity contribution in [3.63, 3.8) is 0 Å². The Kier molecular flexibility index (Phi) is 3.88. The fraction of sp³-hybridized carbons (Fsp3) is 0.250. The van der Waals surface area contributed by atoms with Crippen molar-refractivity contribution in [2.45, 2.75) is 27.2 Å². The largest absolute Gasteiger partial charge is 0.258 e. The van der Waals surface area contributed by atoms with Crippen molar-refractivity contribution >= 4 is 5.57 Å². The molecule has 0 radical (unpaired) electrons. The number of rotatable bonds is 3. The molecule has 2 heterocycles. The lowest BCUT2D eigenvalue weighted by atomic mass is 10.1. The molecule has 0 aliphatic carbocycles. The predicted octanol–water partition coefficient (Wildman–Crippen LogP) is 3.74. The van der Waals surface area contributed by atoms with Gasteiger partial charge < -0.3 is 0 Å². The molecule has 0 saturated heterocycles. The number of pyridine rings is 2. The van der Waals surface area contributed by atoms with Crippen molar-refractivity contribution in [2.24, 2.45) is 0 Å². The molecule has 0 atom stereocenters. The Labute approximate surface area is 108 Å². The minimum absolute atomic E-state index is 0.850. The van der Waals surface area contributed by atoms with E-state index in [9.17, 15) is 0 Å². The molecule has 0 unspecified atom stereocenters. The first kappa shape index (κ1) is 12.5. The van der Waals surface area contributed by atoms with Gasteiger partial charge in [-0.3, -0.25) is 9.97 Å². The van der Waals surface area contributed by atoms with Crippen LogP contribution in [0, 0.1) is 13.8 Å². The van der Waals surface area contributed by atoms with Crippen molar-refractivity contribution in [3.05, 3.63) is 65.2 Å². The number of aromatic nitrogens is 2. The summed E-state index contributed by atoms with van der Waals surface area (Å²) in [6.07, 6.45) is 3.03. The van der Waals surface area contributed by atoms with Gasteiger partial charge in [-0.25, -0.2) is 0 Å². The second kappa shape index (κ2) is 5.58. The summed E-state index contributed by atoms with van der Waals surface area (Å²) >= 11 is 0. The summed E-state index contributed by atoms with van der Waals surface area (Å²) in [5.41, 5.74) is 5.45. The van der Waals surface area contributed by atoms with Crippen LogP contribution < -0.4 is 0 Å². The van der Waals surface area contributed by atoms with E-state index >= 15 is 0 Å². The van der Waals surface area contributed by atoms with E-state index in [0.29, 0.717) is 0 Å². The summed E-state index contributed by atoms with van der Waals surface area (Å²) < 4.78 is 0. The van der Waals surface area contributed by atoms with E-state index in [2.05, 4.69) is 29.0 Å². The molecule has 2 aromatic heterocycles. The normalized spacial score (nSPS) is 11.6. The van der Waals surface area contributed by atoms with Crippen LogP contribution in [0.15, 0.2) is 42.5 Å². The fourth-order valence-electron chi connectivity index (χ4n) is 1.84. The molecule has 0 bridgehead atoms. The molecule has 0 N–H and O–H groups in total. The van der Waals surface area contributed by atoms with Crippen LogP contribution in [0.4, 0.5) is 0 Å². The highest BCUT2D eigenvalue weighted by molar-refractivity contribution is 5.60. The topological polar surface area (TPSA) is 25.8 Å². The molecule has 2 rings (SSSR count). The van der Waals surface area contributed by atoms with E-state index in [-0.39, 0.29) is 0 Å². The van der Waals surface area contributed by atoms with Gasteiger partial charge in [-0.2, -0.15) is 0 Å².